The summed E-state index contributed by atoms with van der Waals surface area (Å²) in [6.45, 7) is 7.24. The van der Waals surface area contributed by atoms with Crippen molar-refractivity contribution in [2.75, 3.05) is 27.8 Å². The number of rotatable bonds is 9. The van der Waals surface area contributed by atoms with Crippen LogP contribution in [0, 0.1) is 5.41 Å². The van der Waals surface area contributed by atoms with Gasteiger partial charge in [0.05, 0.1) is 32.5 Å². The van der Waals surface area contributed by atoms with Gasteiger partial charge in [0.15, 0.2) is 11.5 Å². The number of benzene rings is 2. The van der Waals surface area contributed by atoms with Gasteiger partial charge in [-0.3, -0.25) is 19.2 Å². The summed E-state index contributed by atoms with van der Waals surface area (Å²) in [7, 11) is 4.59. The van der Waals surface area contributed by atoms with Crippen LogP contribution < -0.4 is 35.5 Å². The normalized spacial score (nSPS) is 21.5. The van der Waals surface area contributed by atoms with Crippen molar-refractivity contribution in [2.45, 2.75) is 89.8 Å². The second kappa shape index (κ2) is 17.2. The average Bonchev–Trinajstić information content (AvgIpc) is 3.82. The van der Waals surface area contributed by atoms with Crippen LogP contribution in [0.1, 0.15) is 57.0 Å². The third-order valence-electron chi connectivity index (χ3n) is 9.91. The maximum Gasteiger partial charge on any atom is 0.326 e. The highest BCUT2D eigenvalue weighted by atomic mass is 16.5. The molecule has 17 heteroatoms. The smallest absolute Gasteiger partial charge is 0.326 e. The molecule has 3 aliphatic heterocycles. The maximum absolute atomic E-state index is 14.5. The molecule has 3 aliphatic rings. The predicted octanol–water partition coefficient (Wildman–Crippen LogP) is 1.01. The van der Waals surface area contributed by atoms with E-state index in [1.54, 1.807) is 67.3 Å². The molecule has 6 rings (SSSR count). The molecule has 296 valence electrons. The van der Waals surface area contributed by atoms with Crippen molar-refractivity contribution in [2.24, 2.45) is 5.41 Å². The number of hydrogen-bond donors (Lipinski definition) is 5. The molecular weight excluding hydrogens is 712 g/mol. The minimum Gasteiger partial charge on any atom is -0.493 e. The molecule has 0 unspecified atom stereocenters. The first-order valence-electron chi connectivity index (χ1n) is 18.1. The van der Waals surface area contributed by atoms with Crippen molar-refractivity contribution >= 4 is 29.6 Å². The van der Waals surface area contributed by atoms with Crippen molar-refractivity contribution in [1.29, 1.82) is 0 Å². The first kappa shape index (κ1) is 40.5. The Morgan fingerprint density at radius 1 is 1.04 bits per heavy atom. The number of nitrogens with zero attached hydrogens (tertiary/aromatic N) is 4. The van der Waals surface area contributed by atoms with Crippen molar-refractivity contribution in [3.05, 3.63) is 65.5 Å². The number of fused-ring (bicyclic) bond motifs is 9. The molecule has 4 amide bonds. The molecule has 6 bridgehead atoms. The number of aromatic nitrogens is 3. The van der Waals surface area contributed by atoms with E-state index >= 15 is 0 Å². The van der Waals surface area contributed by atoms with E-state index in [-0.39, 0.29) is 32.4 Å². The van der Waals surface area contributed by atoms with E-state index < -0.39 is 71.3 Å². The molecule has 2 aromatic carbocycles. The SMILES string of the molecule is CN[C@@H](C)C(=O)N[C@H](C(=O)N1C[C@@H]2C[C@H]1C(=O)N[C@@H](Cc1ccc(OC)c(OC)c1)C(=O)N[C@H](C(=O)O)Cc1ccc(cc1)OCc1cn2nn1)C(C)(C)C. The van der Waals surface area contributed by atoms with Crippen LogP contribution in [-0.2, 0) is 43.4 Å². The van der Waals surface area contributed by atoms with Gasteiger partial charge in [-0.2, -0.15) is 0 Å². The number of nitrogens with one attached hydrogen (secondary N) is 4. The Hall–Kier alpha value is -5.71. The van der Waals surface area contributed by atoms with Crippen molar-refractivity contribution in [3.63, 3.8) is 0 Å². The van der Waals surface area contributed by atoms with E-state index in [0.717, 1.165) is 0 Å². The van der Waals surface area contributed by atoms with Gasteiger partial charge in [0.25, 0.3) is 0 Å². The van der Waals surface area contributed by atoms with E-state index in [0.29, 0.717) is 34.1 Å². The molecule has 0 aliphatic carbocycles. The van der Waals surface area contributed by atoms with Crippen LogP contribution in [0.25, 0.3) is 0 Å². The molecule has 4 heterocycles. The van der Waals surface area contributed by atoms with Gasteiger partial charge in [0, 0.05) is 25.8 Å². The van der Waals surface area contributed by atoms with Gasteiger partial charge in [-0.15, -0.1) is 5.10 Å². The first-order valence-corrected chi connectivity index (χ1v) is 18.1. The molecule has 5 N–H and O–H groups in total. The molecule has 3 aromatic rings. The Balaban J connectivity index is 1.55. The lowest BCUT2D eigenvalue weighted by Crippen LogP contribution is -2.60. The zero-order chi connectivity index (χ0) is 40.0. The largest absolute Gasteiger partial charge is 0.493 e. The highest BCUT2D eigenvalue weighted by molar-refractivity contribution is 5.96. The van der Waals surface area contributed by atoms with Crippen molar-refractivity contribution in [3.8, 4) is 17.2 Å². The van der Waals surface area contributed by atoms with E-state index in [2.05, 4.69) is 31.6 Å². The Kier molecular flexibility index (Phi) is 12.6. The highest BCUT2D eigenvalue weighted by Crippen LogP contribution is 2.32. The number of likely N-dealkylation sites (N-methyl/N-ethyl adjacent to an activating group) is 1. The van der Waals surface area contributed by atoms with E-state index in [1.807, 2.05) is 20.8 Å². The van der Waals surface area contributed by atoms with Gasteiger partial charge < -0.3 is 45.5 Å². The number of methoxy groups -OCH3 is 2. The quantitative estimate of drug-likeness (QED) is 0.207. The number of amides is 4. The fraction of sp³-hybridized carbons (Fsp3) is 0.500. The summed E-state index contributed by atoms with van der Waals surface area (Å²) < 4.78 is 18.3. The Bertz CT molecular complexity index is 1880. The molecule has 0 radical (unpaired) electrons. The van der Waals surface area contributed by atoms with Crippen LogP contribution in [0.5, 0.6) is 17.2 Å². The Labute approximate surface area is 319 Å². The fourth-order valence-electron chi connectivity index (χ4n) is 6.58. The molecule has 1 saturated heterocycles. The van der Waals surface area contributed by atoms with Gasteiger partial charge in [-0.05, 0) is 54.8 Å². The lowest BCUT2D eigenvalue weighted by atomic mass is 9.85. The molecule has 0 spiro atoms. The number of carbonyl (C=O) groups excluding carboxylic acids is 4. The molecule has 1 fully saturated rings. The van der Waals surface area contributed by atoms with E-state index in [4.69, 9.17) is 14.2 Å². The lowest BCUT2D eigenvalue weighted by molar-refractivity contribution is -0.145. The molecule has 55 heavy (non-hydrogen) atoms. The van der Waals surface area contributed by atoms with Gasteiger partial charge in [0.2, 0.25) is 23.6 Å². The summed E-state index contributed by atoms with van der Waals surface area (Å²) in [5.41, 5.74) is 0.951. The van der Waals surface area contributed by atoms with Gasteiger partial charge >= 0.3 is 5.97 Å². The zero-order valence-electron chi connectivity index (χ0n) is 32.1. The number of aliphatic carboxylic acids is 1. The topological polar surface area (TPSA) is 215 Å². The third kappa shape index (κ3) is 9.70. The summed E-state index contributed by atoms with van der Waals surface area (Å²) in [5.74, 6) is -2.19. The second-order valence-electron chi connectivity index (χ2n) is 14.9. The van der Waals surface area contributed by atoms with Crippen molar-refractivity contribution in [1.82, 2.24) is 41.2 Å². The maximum atomic E-state index is 14.5. The Morgan fingerprint density at radius 2 is 1.75 bits per heavy atom. The molecule has 6 atom stereocenters. The van der Waals surface area contributed by atoms with Gasteiger partial charge in [-0.25, -0.2) is 9.48 Å². The number of carboxylic acid groups (broad SMARTS) is 1. The summed E-state index contributed by atoms with van der Waals surface area (Å²) in [6, 6.07) is 5.98. The van der Waals surface area contributed by atoms with Crippen LogP contribution in [-0.4, -0.2) is 113 Å². The number of hydrogen-bond acceptors (Lipinski definition) is 11. The van der Waals surface area contributed by atoms with Gasteiger partial charge in [0.1, 0.15) is 42.2 Å². The third-order valence-corrected chi connectivity index (χ3v) is 9.91. The van der Waals surface area contributed by atoms with Crippen LogP contribution >= 0.6 is 0 Å². The van der Waals surface area contributed by atoms with Crippen molar-refractivity contribution < 1.29 is 43.3 Å². The summed E-state index contributed by atoms with van der Waals surface area (Å²) in [6.07, 6.45) is 1.68. The monoisotopic (exact) mass is 762 g/mol. The molecule has 0 saturated carbocycles. The highest BCUT2D eigenvalue weighted by Gasteiger charge is 2.46. The van der Waals surface area contributed by atoms with E-state index in [1.165, 1.54) is 19.1 Å². The zero-order valence-corrected chi connectivity index (χ0v) is 32.1. The number of carbonyl (C=O) groups is 5. The molecule has 17 nitrogen and oxygen atoms in total. The van der Waals surface area contributed by atoms with Crippen LogP contribution in [0.4, 0.5) is 0 Å². The number of likely N-dealkylation sites (tertiary alicyclic amines) is 1. The first-order chi connectivity index (χ1) is 26.1. The van der Waals surface area contributed by atoms with Crippen LogP contribution in [0.3, 0.4) is 0 Å². The minimum atomic E-state index is -1.34. The summed E-state index contributed by atoms with van der Waals surface area (Å²) >= 11 is 0. The van der Waals surface area contributed by atoms with Gasteiger partial charge in [-0.1, -0.05) is 44.2 Å². The van der Waals surface area contributed by atoms with Crippen LogP contribution in [0.2, 0.25) is 0 Å². The summed E-state index contributed by atoms with van der Waals surface area (Å²) in [5, 5.41) is 29.9. The second-order valence-corrected chi connectivity index (χ2v) is 14.9. The van der Waals surface area contributed by atoms with Crippen LogP contribution in [0.15, 0.2) is 48.7 Å². The average molecular weight is 763 g/mol. The van der Waals surface area contributed by atoms with E-state index in [9.17, 15) is 29.1 Å². The Morgan fingerprint density at radius 3 is 2.38 bits per heavy atom. The standard InChI is InChI=1S/C38H50N8O9/c1-21(39-5)33(47)42-32(38(2,3)4)36(50)45-19-25-17-29(45)35(49)40-27(15-23-10-13-30(53-6)31(16-23)54-7)34(48)41-28(37(51)52)14-22-8-11-26(12-9-22)55-20-24-18-46(25)44-43-24/h8-13,16,18,21,25,27-29,32,39H,14-15,17,19-20H2,1-7H3,(H,40,49)(H,41,48)(H,42,47)(H,51,52)/t21-,25-,27-,28-,29-,32+/m0/s1. The minimum absolute atomic E-state index is 0.0414. The summed E-state index contributed by atoms with van der Waals surface area (Å²) in [4.78, 5) is 70.1. The fourth-order valence-corrected chi connectivity index (χ4v) is 6.58. The molecular formula is C38H50N8O9. The number of carboxylic acids is 1. The lowest BCUT2D eigenvalue weighted by Gasteiger charge is -2.36. The molecule has 1 aromatic heterocycles. The predicted molar refractivity (Wildman–Crippen MR) is 198 cm³/mol. The number of ether oxygens (including phenoxy) is 3.